The minimum atomic E-state index is 0.115. The Kier molecular flexibility index (Phi) is 5.65. The molecule has 0 radical (unpaired) electrons. The molecule has 0 spiro atoms. The SMILES string of the molecule is CC(C)COC(CBr)c1ccc(Cl)cc1. The average molecular weight is 292 g/mol. The van der Waals surface area contributed by atoms with Crippen LogP contribution in [0.5, 0.6) is 0 Å². The van der Waals surface area contributed by atoms with Crippen LogP contribution < -0.4 is 0 Å². The third kappa shape index (κ3) is 4.54. The van der Waals surface area contributed by atoms with Gasteiger partial charge >= 0.3 is 0 Å². The monoisotopic (exact) mass is 290 g/mol. The molecule has 84 valence electrons. The first-order valence-corrected chi connectivity index (χ1v) is 6.56. The van der Waals surface area contributed by atoms with E-state index in [1.54, 1.807) is 0 Å². The van der Waals surface area contributed by atoms with Crippen LogP contribution in [-0.4, -0.2) is 11.9 Å². The molecule has 0 aliphatic rings. The summed E-state index contributed by atoms with van der Waals surface area (Å²) >= 11 is 9.30. The Hall–Kier alpha value is -0.0500. The van der Waals surface area contributed by atoms with Gasteiger partial charge in [0.2, 0.25) is 0 Å². The average Bonchev–Trinajstić information content (AvgIpc) is 2.21. The molecule has 1 atom stereocenters. The Labute approximate surface area is 105 Å². The predicted molar refractivity (Wildman–Crippen MR) is 68.8 cm³/mol. The number of alkyl halides is 1. The fraction of sp³-hybridized carbons (Fsp3) is 0.500. The van der Waals surface area contributed by atoms with Crippen molar-refractivity contribution in [2.24, 2.45) is 5.92 Å². The van der Waals surface area contributed by atoms with Crippen LogP contribution in [0.1, 0.15) is 25.5 Å². The van der Waals surface area contributed by atoms with Crippen molar-refractivity contribution in [3.8, 4) is 0 Å². The Bertz CT molecular complexity index is 284. The summed E-state index contributed by atoms with van der Waals surface area (Å²) in [7, 11) is 0. The smallest absolute Gasteiger partial charge is 0.0921 e. The Morgan fingerprint density at radius 1 is 1.27 bits per heavy atom. The van der Waals surface area contributed by atoms with Crippen LogP contribution >= 0.6 is 27.5 Å². The number of benzene rings is 1. The minimum absolute atomic E-state index is 0.115. The van der Waals surface area contributed by atoms with Crippen LogP contribution in [0.4, 0.5) is 0 Å². The van der Waals surface area contributed by atoms with Crippen molar-refractivity contribution in [2.75, 3.05) is 11.9 Å². The summed E-state index contributed by atoms with van der Waals surface area (Å²) in [4.78, 5) is 0. The Morgan fingerprint density at radius 2 is 1.87 bits per heavy atom. The predicted octanol–water partition coefficient (Wildman–Crippen LogP) is 4.45. The molecule has 15 heavy (non-hydrogen) atoms. The highest BCUT2D eigenvalue weighted by atomic mass is 79.9. The molecule has 1 nitrogen and oxygen atoms in total. The molecule has 0 heterocycles. The van der Waals surface area contributed by atoms with Crippen molar-refractivity contribution < 1.29 is 4.74 Å². The van der Waals surface area contributed by atoms with Crippen molar-refractivity contribution in [1.29, 1.82) is 0 Å². The summed E-state index contributed by atoms with van der Waals surface area (Å²) < 4.78 is 5.79. The first-order valence-electron chi connectivity index (χ1n) is 5.06. The maximum Gasteiger partial charge on any atom is 0.0921 e. The highest BCUT2D eigenvalue weighted by molar-refractivity contribution is 9.09. The molecule has 0 bridgehead atoms. The molecular weight excluding hydrogens is 275 g/mol. The molecule has 0 N–H and O–H groups in total. The fourth-order valence-electron chi connectivity index (χ4n) is 1.22. The summed E-state index contributed by atoms with van der Waals surface area (Å²) in [6.45, 7) is 5.07. The maximum atomic E-state index is 5.83. The Balaban J connectivity index is 2.61. The first kappa shape index (κ1) is 13.0. The van der Waals surface area contributed by atoms with E-state index in [9.17, 15) is 0 Å². The van der Waals surface area contributed by atoms with E-state index < -0.39 is 0 Å². The van der Waals surface area contributed by atoms with Gasteiger partial charge in [0, 0.05) is 17.0 Å². The van der Waals surface area contributed by atoms with Gasteiger partial charge in [-0.05, 0) is 23.6 Å². The van der Waals surface area contributed by atoms with Gasteiger partial charge in [0.15, 0.2) is 0 Å². The zero-order valence-corrected chi connectivity index (χ0v) is 11.4. The molecule has 1 aromatic carbocycles. The van der Waals surface area contributed by atoms with Crippen molar-refractivity contribution >= 4 is 27.5 Å². The lowest BCUT2D eigenvalue weighted by Crippen LogP contribution is -2.10. The van der Waals surface area contributed by atoms with Crippen LogP contribution in [0, 0.1) is 5.92 Å². The van der Waals surface area contributed by atoms with Crippen molar-refractivity contribution in [3.63, 3.8) is 0 Å². The molecule has 0 saturated heterocycles. The minimum Gasteiger partial charge on any atom is -0.372 e. The number of halogens is 2. The molecule has 0 fully saturated rings. The molecule has 0 aliphatic carbocycles. The quantitative estimate of drug-likeness (QED) is 0.728. The lowest BCUT2D eigenvalue weighted by atomic mass is 10.1. The van der Waals surface area contributed by atoms with E-state index in [0.29, 0.717) is 5.92 Å². The van der Waals surface area contributed by atoms with Crippen LogP contribution in [-0.2, 0) is 4.74 Å². The molecule has 1 aromatic rings. The van der Waals surface area contributed by atoms with E-state index in [4.69, 9.17) is 16.3 Å². The second kappa shape index (κ2) is 6.51. The van der Waals surface area contributed by atoms with Crippen molar-refractivity contribution in [1.82, 2.24) is 0 Å². The van der Waals surface area contributed by atoms with E-state index in [1.807, 2.05) is 24.3 Å². The van der Waals surface area contributed by atoms with Gasteiger partial charge in [0.1, 0.15) is 0 Å². The topological polar surface area (TPSA) is 9.23 Å². The van der Waals surface area contributed by atoms with E-state index in [-0.39, 0.29) is 6.10 Å². The largest absolute Gasteiger partial charge is 0.372 e. The Morgan fingerprint density at radius 3 is 2.33 bits per heavy atom. The summed E-state index contributed by atoms with van der Waals surface area (Å²) in [6.07, 6.45) is 0.115. The standard InChI is InChI=1S/C12H16BrClO/c1-9(2)8-15-12(7-13)10-3-5-11(14)6-4-10/h3-6,9,12H,7-8H2,1-2H3. The highest BCUT2D eigenvalue weighted by Gasteiger charge is 2.10. The summed E-state index contributed by atoms with van der Waals surface area (Å²) in [6, 6.07) is 7.81. The third-order valence-electron chi connectivity index (χ3n) is 2.01. The number of hydrogen-bond acceptors (Lipinski definition) is 1. The maximum absolute atomic E-state index is 5.83. The van der Waals surface area contributed by atoms with Crippen LogP contribution in [0.15, 0.2) is 24.3 Å². The molecule has 1 unspecified atom stereocenters. The van der Waals surface area contributed by atoms with Crippen LogP contribution in [0.3, 0.4) is 0 Å². The lowest BCUT2D eigenvalue weighted by molar-refractivity contribution is 0.0507. The zero-order valence-electron chi connectivity index (χ0n) is 9.04. The molecule has 0 aliphatic heterocycles. The van der Waals surface area contributed by atoms with Gasteiger partial charge in [0.05, 0.1) is 6.10 Å². The van der Waals surface area contributed by atoms with Gasteiger partial charge in [-0.3, -0.25) is 0 Å². The van der Waals surface area contributed by atoms with Gasteiger partial charge in [-0.25, -0.2) is 0 Å². The number of hydrogen-bond donors (Lipinski definition) is 0. The summed E-state index contributed by atoms with van der Waals surface area (Å²) in [5.74, 6) is 0.554. The molecule has 0 saturated carbocycles. The number of ether oxygens (including phenoxy) is 1. The van der Waals surface area contributed by atoms with Gasteiger partial charge < -0.3 is 4.74 Å². The molecular formula is C12H16BrClO. The molecule has 1 rings (SSSR count). The molecule has 0 aromatic heterocycles. The molecule has 0 amide bonds. The van der Waals surface area contributed by atoms with Gasteiger partial charge in [-0.15, -0.1) is 0 Å². The second-order valence-electron chi connectivity index (χ2n) is 3.92. The van der Waals surface area contributed by atoms with Gasteiger partial charge in [-0.2, -0.15) is 0 Å². The van der Waals surface area contributed by atoms with E-state index in [2.05, 4.69) is 29.8 Å². The summed E-state index contributed by atoms with van der Waals surface area (Å²) in [5.41, 5.74) is 1.16. The van der Waals surface area contributed by atoms with E-state index in [1.165, 1.54) is 0 Å². The van der Waals surface area contributed by atoms with Crippen LogP contribution in [0.2, 0.25) is 5.02 Å². The number of rotatable bonds is 5. The van der Waals surface area contributed by atoms with Gasteiger partial charge in [0.25, 0.3) is 0 Å². The fourth-order valence-corrected chi connectivity index (χ4v) is 1.90. The second-order valence-corrected chi connectivity index (χ2v) is 5.01. The van der Waals surface area contributed by atoms with E-state index >= 15 is 0 Å². The summed E-state index contributed by atoms with van der Waals surface area (Å²) in [5, 5.41) is 1.57. The van der Waals surface area contributed by atoms with Crippen molar-refractivity contribution in [2.45, 2.75) is 20.0 Å². The van der Waals surface area contributed by atoms with Gasteiger partial charge in [-0.1, -0.05) is 53.5 Å². The zero-order chi connectivity index (χ0) is 11.3. The van der Waals surface area contributed by atoms with Crippen molar-refractivity contribution in [3.05, 3.63) is 34.9 Å². The van der Waals surface area contributed by atoms with E-state index in [0.717, 1.165) is 22.5 Å². The molecule has 3 heteroatoms. The first-order chi connectivity index (χ1) is 7.13. The highest BCUT2D eigenvalue weighted by Crippen LogP contribution is 2.22. The third-order valence-corrected chi connectivity index (χ3v) is 2.85. The van der Waals surface area contributed by atoms with Crippen LogP contribution in [0.25, 0.3) is 0 Å². The normalized spacial score (nSPS) is 13.1. The lowest BCUT2D eigenvalue weighted by Gasteiger charge is -2.17.